The molecule has 1 saturated heterocycles. The number of benzene rings is 1. The van der Waals surface area contributed by atoms with Gasteiger partial charge in [0.2, 0.25) is 0 Å². The van der Waals surface area contributed by atoms with Crippen LogP contribution < -0.4 is 0 Å². The van der Waals surface area contributed by atoms with Gasteiger partial charge in [0.15, 0.2) is 15.6 Å². The third-order valence-electron chi connectivity index (χ3n) is 5.13. The minimum absolute atomic E-state index is 0.0384. The van der Waals surface area contributed by atoms with Crippen LogP contribution in [0.5, 0.6) is 0 Å². The van der Waals surface area contributed by atoms with Gasteiger partial charge < -0.3 is 13.7 Å². The van der Waals surface area contributed by atoms with Crippen molar-refractivity contribution in [1.29, 1.82) is 0 Å². The maximum atomic E-state index is 13.4. The molecule has 2 aromatic heterocycles. The van der Waals surface area contributed by atoms with Crippen molar-refractivity contribution in [3.8, 4) is 0 Å². The summed E-state index contributed by atoms with van der Waals surface area (Å²) in [6.07, 6.45) is 0.415. The molecule has 0 bridgehead atoms. The summed E-state index contributed by atoms with van der Waals surface area (Å²) in [4.78, 5) is 15.0. The maximum Gasteiger partial charge on any atom is 0.290 e. The molecule has 1 fully saturated rings. The lowest BCUT2D eigenvalue weighted by molar-refractivity contribution is 0.0634. The number of aryl methyl sites for hydroxylation is 2. The second-order valence-corrected chi connectivity index (χ2v) is 10.3. The molecule has 8 heteroatoms. The number of carbonyl (C=O) groups is 1. The van der Waals surface area contributed by atoms with E-state index in [4.69, 9.17) is 8.83 Å². The Hall–Kier alpha value is -2.06. The molecule has 0 aliphatic carbocycles. The lowest BCUT2D eigenvalue weighted by Crippen LogP contribution is -2.40. The highest BCUT2D eigenvalue weighted by Gasteiger charge is 2.37. The van der Waals surface area contributed by atoms with Gasteiger partial charge in [0.1, 0.15) is 17.1 Å². The van der Waals surface area contributed by atoms with Gasteiger partial charge in [0.05, 0.1) is 18.1 Å². The molecule has 1 atom stereocenters. The molecule has 0 N–H and O–H groups in total. The van der Waals surface area contributed by atoms with E-state index >= 15 is 0 Å². The molecule has 4 rings (SSSR count). The first-order chi connectivity index (χ1) is 13.2. The van der Waals surface area contributed by atoms with Crippen LogP contribution >= 0.6 is 15.9 Å². The predicted octanol–water partition coefficient (Wildman–Crippen LogP) is 4.23. The van der Waals surface area contributed by atoms with Crippen LogP contribution in [0.3, 0.4) is 0 Å². The first kappa shape index (κ1) is 19.3. The second kappa shape index (κ2) is 7.08. The smallest absolute Gasteiger partial charge is 0.290 e. The molecular weight excluding hydrogens is 446 g/mol. The zero-order valence-electron chi connectivity index (χ0n) is 15.6. The maximum absolute atomic E-state index is 13.4. The summed E-state index contributed by atoms with van der Waals surface area (Å²) in [5.41, 5.74) is 1.36. The van der Waals surface area contributed by atoms with E-state index in [0.717, 1.165) is 21.2 Å². The van der Waals surface area contributed by atoms with Crippen molar-refractivity contribution >= 4 is 42.6 Å². The van der Waals surface area contributed by atoms with Crippen LogP contribution in [0.25, 0.3) is 11.0 Å². The average Bonchev–Trinajstić information content (AvgIpc) is 3.29. The van der Waals surface area contributed by atoms with Crippen molar-refractivity contribution < 1.29 is 22.0 Å². The van der Waals surface area contributed by atoms with Crippen LogP contribution in [0.4, 0.5) is 0 Å². The van der Waals surface area contributed by atoms with E-state index in [-0.39, 0.29) is 29.7 Å². The minimum atomic E-state index is -3.14. The number of hydrogen-bond acceptors (Lipinski definition) is 5. The summed E-state index contributed by atoms with van der Waals surface area (Å²) in [6.45, 7) is 3.87. The summed E-state index contributed by atoms with van der Waals surface area (Å²) in [7, 11) is -3.14. The molecular formula is C20H20BrNO5S. The first-order valence-electron chi connectivity index (χ1n) is 8.99. The van der Waals surface area contributed by atoms with Gasteiger partial charge in [0, 0.05) is 21.5 Å². The van der Waals surface area contributed by atoms with Gasteiger partial charge in [-0.3, -0.25) is 4.79 Å². The fourth-order valence-electron chi connectivity index (χ4n) is 3.66. The fraction of sp³-hybridized carbons (Fsp3) is 0.350. The Labute approximate surface area is 171 Å². The molecule has 148 valence electrons. The largest absolute Gasteiger partial charge is 0.464 e. The molecule has 3 heterocycles. The van der Waals surface area contributed by atoms with Gasteiger partial charge in [-0.05, 0) is 50.6 Å². The van der Waals surface area contributed by atoms with E-state index in [9.17, 15) is 13.2 Å². The molecule has 1 aliphatic heterocycles. The fourth-order valence-corrected chi connectivity index (χ4v) is 5.73. The third kappa shape index (κ3) is 3.63. The molecule has 1 amide bonds. The Balaban J connectivity index is 1.73. The number of rotatable bonds is 4. The number of halogens is 1. The SMILES string of the molecule is Cc1ccc(CN(C(=O)c2oc3cc(Br)ccc3c2C)C2CCS(=O)(=O)C2)o1. The van der Waals surface area contributed by atoms with Crippen LogP contribution in [-0.2, 0) is 16.4 Å². The normalized spacial score (nSPS) is 18.6. The highest BCUT2D eigenvalue weighted by Crippen LogP contribution is 2.31. The number of nitrogens with zero attached hydrogens (tertiary/aromatic N) is 1. The number of carbonyl (C=O) groups excluding carboxylic acids is 1. The molecule has 1 aliphatic rings. The number of amides is 1. The summed E-state index contributed by atoms with van der Waals surface area (Å²) in [5, 5.41) is 0.861. The minimum Gasteiger partial charge on any atom is -0.464 e. The number of fused-ring (bicyclic) bond motifs is 1. The summed E-state index contributed by atoms with van der Waals surface area (Å²) in [6, 6.07) is 8.85. The topological polar surface area (TPSA) is 80.7 Å². The molecule has 6 nitrogen and oxygen atoms in total. The molecule has 1 aromatic carbocycles. The Morgan fingerprint density at radius 2 is 2.00 bits per heavy atom. The highest BCUT2D eigenvalue weighted by molar-refractivity contribution is 9.10. The predicted molar refractivity (Wildman–Crippen MR) is 109 cm³/mol. The van der Waals surface area contributed by atoms with Crippen LogP contribution in [0.1, 0.15) is 34.1 Å². The van der Waals surface area contributed by atoms with Crippen molar-refractivity contribution in [2.75, 3.05) is 11.5 Å². The summed E-state index contributed by atoms with van der Waals surface area (Å²) >= 11 is 3.41. The molecule has 0 radical (unpaired) electrons. The van der Waals surface area contributed by atoms with E-state index in [1.165, 1.54) is 0 Å². The Bertz CT molecular complexity index is 1160. The third-order valence-corrected chi connectivity index (χ3v) is 7.37. The van der Waals surface area contributed by atoms with E-state index in [1.54, 1.807) is 4.90 Å². The van der Waals surface area contributed by atoms with Gasteiger partial charge in [-0.1, -0.05) is 15.9 Å². The Kier molecular flexibility index (Phi) is 4.87. The van der Waals surface area contributed by atoms with Gasteiger partial charge in [0.25, 0.3) is 5.91 Å². The molecule has 0 spiro atoms. The highest BCUT2D eigenvalue weighted by atomic mass is 79.9. The van der Waals surface area contributed by atoms with Gasteiger partial charge >= 0.3 is 0 Å². The number of furan rings is 2. The van der Waals surface area contributed by atoms with Crippen molar-refractivity contribution in [3.63, 3.8) is 0 Å². The molecule has 3 aromatic rings. The van der Waals surface area contributed by atoms with Crippen LogP contribution in [0.15, 0.2) is 43.6 Å². The zero-order chi connectivity index (χ0) is 20.1. The van der Waals surface area contributed by atoms with Gasteiger partial charge in [-0.15, -0.1) is 0 Å². The summed E-state index contributed by atoms with van der Waals surface area (Å²) in [5.74, 6) is 1.33. The summed E-state index contributed by atoms with van der Waals surface area (Å²) < 4.78 is 36.4. The van der Waals surface area contributed by atoms with E-state index < -0.39 is 15.9 Å². The molecule has 0 saturated carbocycles. The van der Waals surface area contributed by atoms with Crippen molar-refractivity contribution in [1.82, 2.24) is 4.90 Å². The molecule has 1 unspecified atom stereocenters. The second-order valence-electron chi connectivity index (χ2n) is 7.20. The van der Waals surface area contributed by atoms with E-state index in [0.29, 0.717) is 17.8 Å². The van der Waals surface area contributed by atoms with Gasteiger partial charge in [-0.2, -0.15) is 0 Å². The monoisotopic (exact) mass is 465 g/mol. The quantitative estimate of drug-likeness (QED) is 0.575. The van der Waals surface area contributed by atoms with Crippen molar-refractivity contribution in [2.24, 2.45) is 0 Å². The van der Waals surface area contributed by atoms with Crippen LogP contribution in [0.2, 0.25) is 0 Å². The van der Waals surface area contributed by atoms with Crippen LogP contribution in [-0.4, -0.2) is 36.8 Å². The standard InChI is InChI=1S/C20H20BrNO5S/c1-12-3-5-16(26-12)10-22(15-7-8-28(24,25)11-15)20(23)19-13(2)17-6-4-14(21)9-18(17)27-19/h3-6,9,15H,7-8,10-11H2,1-2H3. The first-order valence-corrected chi connectivity index (χ1v) is 11.6. The zero-order valence-corrected chi connectivity index (χ0v) is 18.0. The average molecular weight is 466 g/mol. The number of hydrogen-bond donors (Lipinski definition) is 0. The lowest BCUT2D eigenvalue weighted by atomic mass is 10.1. The van der Waals surface area contributed by atoms with E-state index in [2.05, 4.69) is 15.9 Å². The van der Waals surface area contributed by atoms with Crippen LogP contribution in [0, 0.1) is 13.8 Å². The Morgan fingerprint density at radius 1 is 1.21 bits per heavy atom. The molecule has 28 heavy (non-hydrogen) atoms. The van der Waals surface area contributed by atoms with Crippen molar-refractivity contribution in [2.45, 2.75) is 32.9 Å². The van der Waals surface area contributed by atoms with Gasteiger partial charge in [-0.25, -0.2) is 8.42 Å². The Morgan fingerprint density at radius 3 is 2.64 bits per heavy atom. The van der Waals surface area contributed by atoms with Crippen molar-refractivity contribution in [3.05, 3.63) is 57.6 Å². The van der Waals surface area contributed by atoms with E-state index in [1.807, 2.05) is 44.2 Å². The number of sulfone groups is 1. The lowest BCUT2D eigenvalue weighted by Gasteiger charge is -2.26.